The normalized spacial score (nSPS) is 8.45. The van der Waals surface area contributed by atoms with Gasteiger partial charge in [0.25, 0.3) is 0 Å². The van der Waals surface area contributed by atoms with Gasteiger partial charge in [0, 0.05) is 12.0 Å². The van der Waals surface area contributed by atoms with Crippen LogP contribution >= 0.6 is 0 Å². The van der Waals surface area contributed by atoms with Crippen molar-refractivity contribution in [2.75, 3.05) is 6.61 Å². The first-order valence-electron chi connectivity index (χ1n) is 7.54. The minimum atomic E-state index is -0.338. The fourth-order valence-electron chi connectivity index (χ4n) is 1.67. The van der Waals surface area contributed by atoms with Gasteiger partial charge in [-0.2, -0.15) is 0 Å². The number of carbonyl (C=O) groups excluding carboxylic acids is 1. The fourth-order valence-corrected chi connectivity index (χ4v) is 1.67. The summed E-state index contributed by atoms with van der Waals surface area (Å²) < 4.78 is 4.95. The van der Waals surface area contributed by atoms with E-state index >= 15 is 0 Å². The Labute approximate surface area is 133 Å². The molecule has 2 nitrogen and oxygen atoms in total. The van der Waals surface area contributed by atoms with Crippen LogP contribution in [-0.2, 0) is 4.74 Å². The van der Waals surface area contributed by atoms with Crippen LogP contribution in [0.1, 0.15) is 55.5 Å². The van der Waals surface area contributed by atoms with Crippen molar-refractivity contribution in [3.8, 4) is 35.5 Å². The zero-order valence-corrected chi connectivity index (χ0v) is 13.2. The minimum absolute atomic E-state index is 0.338. The summed E-state index contributed by atoms with van der Waals surface area (Å²) in [5, 5.41) is 0. The second-order valence-corrected chi connectivity index (χ2v) is 4.56. The lowest BCUT2D eigenvalue weighted by atomic mass is 10.1. The molecule has 1 aromatic carbocycles. The predicted molar refractivity (Wildman–Crippen MR) is 89.0 cm³/mol. The first-order chi connectivity index (χ1) is 10.8. The summed E-state index contributed by atoms with van der Waals surface area (Å²) >= 11 is 0. The number of rotatable bonds is 5. The van der Waals surface area contributed by atoms with Crippen LogP contribution in [0, 0.1) is 35.5 Å². The Balaban J connectivity index is 2.58. The molecule has 0 aliphatic carbocycles. The van der Waals surface area contributed by atoms with Gasteiger partial charge in [-0.15, -0.1) is 0 Å². The van der Waals surface area contributed by atoms with E-state index in [0.717, 1.165) is 18.4 Å². The Morgan fingerprint density at radius 2 is 1.91 bits per heavy atom. The van der Waals surface area contributed by atoms with Gasteiger partial charge < -0.3 is 4.74 Å². The third-order valence-electron chi connectivity index (χ3n) is 2.76. The molecule has 0 atom stereocenters. The Hall–Kier alpha value is -2.63. The Morgan fingerprint density at radius 3 is 2.68 bits per heavy atom. The molecule has 1 aromatic rings. The lowest BCUT2D eigenvalue weighted by molar-refractivity contribution is 0.0526. The van der Waals surface area contributed by atoms with Crippen LogP contribution in [-0.4, -0.2) is 12.6 Å². The Bertz CT molecular complexity index is 667. The van der Waals surface area contributed by atoms with Crippen LogP contribution in [0.4, 0.5) is 0 Å². The largest absolute Gasteiger partial charge is 0.462 e. The van der Waals surface area contributed by atoms with E-state index in [1.54, 1.807) is 25.1 Å². The number of hydrogen-bond donors (Lipinski definition) is 0. The van der Waals surface area contributed by atoms with Gasteiger partial charge >= 0.3 is 5.97 Å². The molecular weight excluding hydrogens is 272 g/mol. The van der Waals surface area contributed by atoms with Gasteiger partial charge in [-0.25, -0.2) is 4.79 Å². The molecular formula is C20H20O2. The molecule has 22 heavy (non-hydrogen) atoms. The summed E-state index contributed by atoms with van der Waals surface area (Å²) in [6.07, 6.45) is 4.41. The second kappa shape index (κ2) is 11.1. The highest BCUT2D eigenvalue weighted by Gasteiger charge is 2.05. The smallest absolute Gasteiger partial charge is 0.338 e. The van der Waals surface area contributed by atoms with E-state index in [1.165, 1.54) is 12.8 Å². The monoisotopic (exact) mass is 292 g/mol. The zero-order chi connectivity index (χ0) is 16.0. The molecule has 112 valence electrons. The summed E-state index contributed by atoms with van der Waals surface area (Å²) in [7, 11) is 0. The molecule has 0 bridgehead atoms. The lowest BCUT2D eigenvalue weighted by Gasteiger charge is -2.01. The molecule has 0 N–H and O–H groups in total. The molecule has 0 unspecified atom stereocenters. The third kappa shape index (κ3) is 7.23. The Morgan fingerprint density at radius 1 is 1.09 bits per heavy atom. The van der Waals surface area contributed by atoms with E-state index in [-0.39, 0.29) is 5.97 Å². The molecule has 0 radical (unpaired) electrons. The SMILES string of the molecule is CCCCCC#CC#CC#Cc1cccc(C(=O)OCC)c1. The van der Waals surface area contributed by atoms with Crippen LogP contribution in [0.2, 0.25) is 0 Å². The van der Waals surface area contributed by atoms with Crippen molar-refractivity contribution in [2.45, 2.75) is 39.5 Å². The molecule has 1 rings (SSSR count). The zero-order valence-electron chi connectivity index (χ0n) is 13.2. The molecule has 0 heterocycles. The van der Waals surface area contributed by atoms with Crippen molar-refractivity contribution in [2.24, 2.45) is 0 Å². The summed E-state index contributed by atoms with van der Waals surface area (Å²) in [4.78, 5) is 11.6. The molecule has 0 spiro atoms. The Kier molecular flexibility index (Phi) is 8.77. The quantitative estimate of drug-likeness (QED) is 0.469. The molecule has 0 saturated heterocycles. The van der Waals surface area contributed by atoms with Gasteiger partial charge in [-0.05, 0) is 55.2 Å². The maximum Gasteiger partial charge on any atom is 0.338 e. The summed E-state index contributed by atoms with van der Waals surface area (Å²) in [6.45, 7) is 4.30. The number of hydrogen-bond acceptors (Lipinski definition) is 2. The lowest BCUT2D eigenvalue weighted by Crippen LogP contribution is -2.04. The van der Waals surface area contributed by atoms with Crippen molar-refractivity contribution < 1.29 is 9.53 Å². The number of unbranched alkanes of at least 4 members (excludes halogenated alkanes) is 3. The molecule has 0 aliphatic rings. The molecule has 2 heteroatoms. The van der Waals surface area contributed by atoms with Crippen LogP contribution in [0.15, 0.2) is 24.3 Å². The van der Waals surface area contributed by atoms with Crippen LogP contribution in [0.3, 0.4) is 0 Å². The van der Waals surface area contributed by atoms with Gasteiger partial charge in [-0.1, -0.05) is 37.7 Å². The van der Waals surface area contributed by atoms with Crippen molar-refractivity contribution in [3.05, 3.63) is 35.4 Å². The van der Waals surface area contributed by atoms with Crippen LogP contribution < -0.4 is 0 Å². The average molecular weight is 292 g/mol. The van der Waals surface area contributed by atoms with E-state index in [9.17, 15) is 4.79 Å². The average Bonchev–Trinajstić information content (AvgIpc) is 2.54. The standard InChI is InChI=1S/C20H20O2/c1-3-5-6-7-8-9-10-11-12-14-18-15-13-16-19(17-18)20(21)22-4-2/h13,15-17H,3-7H2,1-2H3. The highest BCUT2D eigenvalue weighted by Crippen LogP contribution is 2.05. The van der Waals surface area contributed by atoms with Crippen molar-refractivity contribution in [1.29, 1.82) is 0 Å². The van der Waals surface area contributed by atoms with Gasteiger partial charge in [-0.3, -0.25) is 0 Å². The van der Waals surface area contributed by atoms with Gasteiger partial charge in [0.1, 0.15) is 0 Å². The molecule has 0 fully saturated rings. The van der Waals surface area contributed by atoms with Gasteiger partial charge in [0.05, 0.1) is 12.2 Å². The first-order valence-corrected chi connectivity index (χ1v) is 7.54. The molecule has 0 aromatic heterocycles. The number of carbonyl (C=O) groups is 1. The van der Waals surface area contributed by atoms with E-state index in [0.29, 0.717) is 12.2 Å². The van der Waals surface area contributed by atoms with Crippen LogP contribution in [0.5, 0.6) is 0 Å². The maximum absolute atomic E-state index is 11.6. The number of benzene rings is 1. The van der Waals surface area contributed by atoms with Crippen molar-refractivity contribution in [3.63, 3.8) is 0 Å². The van der Waals surface area contributed by atoms with Crippen LogP contribution in [0.25, 0.3) is 0 Å². The molecule has 0 amide bonds. The topological polar surface area (TPSA) is 26.3 Å². The predicted octanol–water partition coefficient (Wildman–Crippen LogP) is 3.80. The highest BCUT2D eigenvalue weighted by molar-refractivity contribution is 5.89. The summed E-state index contributed by atoms with van der Waals surface area (Å²) in [6, 6.07) is 7.00. The maximum atomic E-state index is 11.6. The number of esters is 1. The van der Waals surface area contributed by atoms with E-state index < -0.39 is 0 Å². The van der Waals surface area contributed by atoms with E-state index in [1.807, 2.05) is 6.07 Å². The third-order valence-corrected chi connectivity index (χ3v) is 2.76. The first kappa shape index (κ1) is 17.4. The fraction of sp³-hybridized carbons (Fsp3) is 0.350. The molecule has 0 aliphatic heterocycles. The second-order valence-electron chi connectivity index (χ2n) is 4.56. The minimum Gasteiger partial charge on any atom is -0.462 e. The van der Waals surface area contributed by atoms with Crippen molar-refractivity contribution in [1.82, 2.24) is 0 Å². The van der Waals surface area contributed by atoms with Crippen molar-refractivity contribution >= 4 is 5.97 Å². The van der Waals surface area contributed by atoms with Gasteiger partial charge in [0.2, 0.25) is 0 Å². The summed E-state index contributed by atoms with van der Waals surface area (Å²) in [5.41, 5.74) is 1.23. The van der Waals surface area contributed by atoms with Gasteiger partial charge in [0.15, 0.2) is 0 Å². The van der Waals surface area contributed by atoms with E-state index in [2.05, 4.69) is 42.4 Å². The molecule has 0 saturated carbocycles. The summed E-state index contributed by atoms with van der Waals surface area (Å²) in [5.74, 6) is 16.5. The van der Waals surface area contributed by atoms with E-state index in [4.69, 9.17) is 4.74 Å². The highest BCUT2D eigenvalue weighted by atomic mass is 16.5. The number of ether oxygens (including phenoxy) is 1.